The van der Waals surface area contributed by atoms with E-state index >= 15 is 0 Å². The molecule has 0 unspecified atom stereocenters. The molecule has 0 saturated heterocycles. The Morgan fingerprint density at radius 3 is 1.62 bits per heavy atom. The van der Waals surface area contributed by atoms with Gasteiger partial charge in [-0.3, -0.25) is 0 Å². The highest BCUT2D eigenvalue weighted by molar-refractivity contribution is 5.85. The van der Waals surface area contributed by atoms with Crippen LogP contribution in [-0.2, 0) is 0 Å². The van der Waals surface area contributed by atoms with Gasteiger partial charge in [-0.1, -0.05) is 73.2 Å². The summed E-state index contributed by atoms with van der Waals surface area (Å²) < 4.78 is 0. The van der Waals surface area contributed by atoms with E-state index in [1.54, 1.807) is 0 Å². The first-order chi connectivity index (χ1) is 10.4. The minimum absolute atomic E-state index is 1.02. The van der Waals surface area contributed by atoms with Crippen molar-refractivity contribution < 1.29 is 0 Å². The van der Waals surface area contributed by atoms with E-state index in [1.807, 2.05) is 0 Å². The molecule has 0 nitrogen and oxygen atoms in total. The summed E-state index contributed by atoms with van der Waals surface area (Å²) >= 11 is 0. The molecule has 0 spiro atoms. The Balaban J connectivity index is 2.15. The Labute approximate surface area is 128 Å². The van der Waals surface area contributed by atoms with E-state index in [9.17, 15) is 0 Å². The summed E-state index contributed by atoms with van der Waals surface area (Å²) in [5.74, 6) is 1.32. The zero-order chi connectivity index (χ0) is 14.5. The SMILES string of the molecule is CCC([C]1[CH][CH][CH][CH]1)=C(c1ccccc1)c1ccccc1. The number of hydrogen-bond donors (Lipinski definition) is 0. The highest BCUT2D eigenvalue weighted by atomic mass is 14.3. The monoisotopic (exact) mass is 271 g/mol. The summed E-state index contributed by atoms with van der Waals surface area (Å²) in [4.78, 5) is 0. The summed E-state index contributed by atoms with van der Waals surface area (Å²) in [6, 6.07) is 21.4. The number of rotatable bonds is 4. The maximum absolute atomic E-state index is 2.23. The number of benzene rings is 2. The topological polar surface area (TPSA) is 0 Å². The van der Waals surface area contributed by atoms with Crippen LogP contribution in [-0.4, -0.2) is 0 Å². The van der Waals surface area contributed by atoms with Gasteiger partial charge in [-0.05, 0) is 48.8 Å². The molecule has 0 atom stereocenters. The predicted molar refractivity (Wildman–Crippen MR) is 89.6 cm³/mol. The maximum Gasteiger partial charge on any atom is 0.00891 e. The van der Waals surface area contributed by atoms with Gasteiger partial charge >= 0.3 is 0 Å². The van der Waals surface area contributed by atoms with Crippen LogP contribution < -0.4 is 0 Å². The molecule has 2 aromatic carbocycles. The van der Waals surface area contributed by atoms with Gasteiger partial charge < -0.3 is 0 Å². The van der Waals surface area contributed by atoms with Gasteiger partial charge in [-0.25, -0.2) is 0 Å². The summed E-state index contributed by atoms with van der Waals surface area (Å²) in [6.07, 6.45) is 9.63. The van der Waals surface area contributed by atoms with Crippen LogP contribution in [0.3, 0.4) is 0 Å². The zero-order valence-electron chi connectivity index (χ0n) is 12.3. The van der Waals surface area contributed by atoms with E-state index in [1.165, 1.54) is 28.2 Å². The standard InChI is InChI=1S/C21H19/c1-2-20(17-11-9-10-12-17)21(18-13-5-3-6-14-18)19-15-7-4-8-16-19/h3-16H,2H2,1H3. The highest BCUT2D eigenvalue weighted by Crippen LogP contribution is 2.39. The largest absolute Gasteiger partial charge is 0.0622 e. The van der Waals surface area contributed by atoms with Crippen molar-refractivity contribution in [3.8, 4) is 0 Å². The molecule has 1 fully saturated rings. The molecule has 3 rings (SSSR count). The lowest BCUT2D eigenvalue weighted by Gasteiger charge is -2.20. The molecule has 0 aromatic heterocycles. The molecule has 103 valence electrons. The second kappa shape index (κ2) is 6.76. The Kier molecular flexibility index (Phi) is 4.55. The van der Waals surface area contributed by atoms with Gasteiger partial charge in [-0.2, -0.15) is 0 Å². The maximum atomic E-state index is 2.23. The molecular weight excluding hydrogens is 252 g/mol. The molecular formula is C21H19. The molecule has 0 aliphatic heterocycles. The highest BCUT2D eigenvalue weighted by Gasteiger charge is 2.23. The Bertz CT molecular complexity index is 545. The first kappa shape index (κ1) is 14.1. The molecule has 0 heteroatoms. The normalized spacial score (nSPS) is 15.1. The van der Waals surface area contributed by atoms with Crippen molar-refractivity contribution in [2.45, 2.75) is 13.3 Å². The fraction of sp³-hybridized carbons (Fsp3) is 0.0952. The lowest BCUT2D eigenvalue weighted by Crippen LogP contribution is -2.02. The average Bonchev–Trinajstić information content (AvgIpc) is 3.08. The van der Waals surface area contributed by atoms with Crippen molar-refractivity contribution in [3.05, 3.63) is 109 Å². The minimum atomic E-state index is 1.02. The quantitative estimate of drug-likeness (QED) is 0.707. The second-order valence-corrected chi connectivity index (χ2v) is 5.11. The lowest BCUT2D eigenvalue weighted by molar-refractivity contribution is 1.06. The van der Waals surface area contributed by atoms with E-state index in [4.69, 9.17) is 0 Å². The van der Waals surface area contributed by atoms with Gasteiger partial charge in [0.1, 0.15) is 0 Å². The Morgan fingerprint density at radius 2 is 1.19 bits per heavy atom. The van der Waals surface area contributed by atoms with Crippen LogP contribution in [0.15, 0.2) is 66.2 Å². The van der Waals surface area contributed by atoms with Gasteiger partial charge in [0, 0.05) is 5.92 Å². The first-order valence-electron chi connectivity index (χ1n) is 7.46. The molecule has 0 heterocycles. The van der Waals surface area contributed by atoms with Crippen LogP contribution >= 0.6 is 0 Å². The molecule has 0 amide bonds. The summed E-state index contributed by atoms with van der Waals surface area (Å²) in [5, 5.41) is 0. The molecule has 0 N–H and O–H groups in total. The predicted octanol–water partition coefficient (Wildman–Crippen LogP) is 5.30. The summed E-state index contributed by atoms with van der Waals surface area (Å²) in [6.45, 7) is 2.23. The van der Waals surface area contributed by atoms with Crippen LogP contribution in [0.1, 0.15) is 24.5 Å². The van der Waals surface area contributed by atoms with Crippen LogP contribution in [0.2, 0.25) is 0 Å². The van der Waals surface area contributed by atoms with Crippen molar-refractivity contribution in [3.63, 3.8) is 0 Å². The number of hydrogen-bond acceptors (Lipinski definition) is 0. The molecule has 1 saturated carbocycles. The van der Waals surface area contributed by atoms with Crippen LogP contribution in [0.5, 0.6) is 0 Å². The van der Waals surface area contributed by atoms with Gasteiger partial charge in [-0.15, -0.1) is 0 Å². The Morgan fingerprint density at radius 1 is 0.714 bits per heavy atom. The van der Waals surface area contributed by atoms with E-state index in [0.717, 1.165) is 6.42 Å². The molecule has 1 aliphatic rings. The summed E-state index contributed by atoms with van der Waals surface area (Å²) in [7, 11) is 0. The minimum Gasteiger partial charge on any atom is -0.0622 e. The van der Waals surface area contributed by atoms with Crippen LogP contribution in [0, 0.1) is 31.6 Å². The van der Waals surface area contributed by atoms with Crippen LogP contribution in [0.4, 0.5) is 0 Å². The molecule has 1 aliphatic carbocycles. The third-order valence-electron chi connectivity index (χ3n) is 3.79. The van der Waals surface area contributed by atoms with E-state index in [0.29, 0.717) is 0 Å². The van der Waals surface area contributed by atoms with Crippen molar-refractivity contribution >= 4 is 5.57 Å². The molecule has 0 bridgehead atoms. The average molecular weight is 271 g/mol. The van der Waals surface area contributed by atoms with E-state index in [2.05, 4.69) is 93.3 Å². The van der Waals surface area contributed by atoms with Gasteiger partial charge in [0.2, 0.25) is 0 Å². The Hall–Kier alpha value is -1.82. The fourth-order valence-corrected chi connectivity index (χ4v) is 2.83. The van der Waals surface area contributed by atoms with Crippen molar-refractivity contribution in [2.24, 2.45) is 0 Å². The molecule has 5 radical (unpaired) electrons. The van der Waals surface area contributed by atoms with Gasteiger partial charge in [0.25, 0.3) is 0 Å². The first-order valence-corrected chi connectivity index (χ1v) is 7.46. The van der Waals surface area contributed by atoms with E-state index in [-0.39, 0.29) is 0 Å². The third-order valence-corrected chi connectivity index (χ3v) is 3.79. The zero-order valence-corrected chi connectivity index (χ0v) is 12.3. The van der Waals surface area contributed by atoms with Crippen molar-refractivity contribution in [2.75, 3.05) is 0 Å². The fourth-order valence-electron chi connectivity index (χ4n) is 2.83. The third kappa shape index (κ3) is 3.10. The summed E-state index contributed by atoms with van der Waals surface area (Å²) in [5.41, 5.74) is 5.30. The van der Waals surface area contributed by atoms with E-state index < -0.39 is 0 Å². The van der Waals surface area contributed by atoms with Gasteiger partial charge in [0.05, 0.1) is 0 Å². The van der Waals surface area contributed by atoms with Crippen molar-refractivity contribution in [1.29, 1.82) is 0 Å². The van der Waals surface area contributed by atoms with Gasteiger partial charge in [0.15, 0.2) is 0 Å². The molecule has 21 heavy (non-hydrogen) atoms. The van der Waals surface area contributed by atoms with Crippen molar-refractivity contribution in [1.82, 2.24) is 0 Å². The number of allylic oxidation sites excluding steroid dienone is 1. The second-order valence-electron chi connectivity index (χ2n) is 5.11. The van der Waals surface area contributed by atoms with Crippen LogP contribution in [0.25, 0.3) is 5.57 Å². The lowest BCUT2D eigenvalue weighted by atomic mass is 9.84. The molecule has 2 aromatic rings. The smallest absolute Gasteiger partial charge is 0.00891 e.